The minimum Gasteiger partial charge on any atom is -0.492 e. The Hall–Kier alpha value is -1.47. The van der Waals surface area contributed by atoms with Crippen LogP contribution >= 0.6 is 11.6 Å². The van der Waals surface area contributed by atoms with Gasteiger partial charge in [-0.3, -0.25) is 4.79 Å². The van der Waals surface area contributed by atoms with Crippen LogP contribution in [0.3, 0.4) is 0 Å². The van der Waals surface area contributed by atoms with Crippen molar-refractivity contribution in [3.05, 3.63) is 28.8 Å². The van der Waals surface area contributed by atoms with Crippen LogP contribution in [0.15, 0.2) is 18.2 Å². The summed E-state index contributed by atoms with van der Waals surface area (Å²) in [7, 11) is 1.23. The van der Waals surface area contributed by atoms with E-state index in [0.29, 0.717) is 17.2 Å². The summed E-state index contributed by atoms with van der Waals surface area (Å²) in [6.07, 6.45) is -6.98. The average molecular weight is 338 g/mol. The number of carbonyl (C=O) groups is 1. The summed E-state index contributed by atoms with van der Waals surface area (Å²) in [5.74, 6) is -0.489. The highest BCUT2D eigenvalue weighted by Gasteiger charge is 2.40. The number of hydrogen-bond donors (Lipinski definition) is 1. The van der Waals surface area contributed by atoms with Crippen LogP contribution in [0.5, 0.6) is 5.75 Å². The standard InChI is InChI=1S/C14H15ClF3NO3/c1-19(6-12(20)14(16,17)18)13(21)9-4-8-5-10(15)2-3-11(8)22-7-9/h2-3,5,9,12,20H,4,6-7H2,1H3. The molecule has 1 aliphatic rings. The Morgan fingerprint density at radius 3 is 2.86 bits per heavy atom. The molecule has 4 nitrogen and oxygen atoms in total. The monoisotopic (exact) mass is 337 g/mol. The van der Waals surface area contributed by atoms with Gasteiger partial charge in [-0.1, -0.05) is 11.6 Å². The maximum atomic E-state index is 12.3. The number of fused-ring (bicyclic) bond motifs is 1. The van der Waals surface area contributed by atoms with Crippen LogP contribution in [0.2, 0.25) is 5.02 Å². The molecule has 2 rings (SSSR count). The van der Waals surface area contributed by atoms with Crippen LogP contribution in [-0.2, 0) is 11.2 Å². The molecule has 8 heteroatoms. The minimum absolute atomic E-state index is 0.0833. The lowest BCUT2D eigenvalue weighted by Gasteiger charge is -2.29. The first-order valence-electron chi connectivity index (χ1n) is 6.59. The van der Waals surface area contributed by atoms with Gasteiger partial charge in [-0.15, -0.1) is 0 Å². The van der Waals surface area contributed by atoms with Crippen molar-refractivity contribution in [1.29, 1.82) is 0 Å². The number of rotatable bonds is 3. The molecule has 2 atom stereocenters. The SMILES string of the molecule is CN(CC(O)C(F)(F)F)C(=O)C1COc2ccc(Cl)cc2C1. The molecule has 0 radical (unpaired) electrons. The lowest BCUT2D eigenvalue weighted by Crippen LogP contribution is -2.45. The molecule has 0 saturated carbocycles. The van der Waals surface area contributed by atoms with E-state index < -0.39 is 30.7 Å². The molecular weight excluding hydrogens is 323 g/mol. The molecule has 22 heavy (non-hydrogen) atoms. The summed E-state index contributed by atoms with van der Waals surface area (Å²) in [6.45, 7) is -0.721. The normalized spacial score (nSPS) is 19.1. The second kappa shape index (κ2) is 6.34. The van der Waals surface area contributed by atoms with Crippen molar-refractivity contribution in [2.24, 2.45) is 5.92 Å². The van der Waals surface area contributed by atoms with Crippen LogP contribution < -0.4 is 4.74 Å². The molecule has 1 aromatic carbocycles. The molecule has 1 N–H and O–H groups in total. The highest BCUT2D eigenvalue weighted by Crippen LogP contribution is 2.30. The van der Waals surface area contributed by atoms with Crippen molar-refractivity contribution in [1.82, 2.24) is 4.90 Å². The smallest absolute Gasteiger partial charge is 0.416 e. The van der Waals surface area contributed by atoms with Gasteiger partial charge in [-0.25, -0.2) is 0 Å². The van der Waals surface area contributed by atoms with Crippen molar-refractivity contribution in [2.45, 2.75) is 18.7 Å². The van der Waals surface area contributed by atoms with Gasteiger partial charge >= 0.3 is 6.18 Å². The summed E-state index contributed by atoms with van der Waals surface area (Å²) >= 11 is 5.88. The molecule has 0 spiro atoms. The van der Waals surface area contributed by atoms with Gasteiger partial charge < -0.3 is 14.7 Å². The molecule has 0 aliphatic carbocycles. The van der Waals surface area contributed by atoms with Crippen molar-refractivity contribution in [3.63, 3.8) is 0 Å². The molecule has 0 bridgehead atoms. The molecule has 0 aromatic heterocycles. The van der Waals surface area contributed by atoms with Crippen LogP contribution in [0.1, 0.15) is 5.56 Å². The van der Waals surface area contributed by atoms with Crippen molar-refractivity contribution in [3.8, 4) is 5.75 Å². The fourth-order valence-electron chi connectivity index (χ4n) is 2.29. The number of alkyl halides is 3. The molecule has 0 fully saturated rings. The third-order valence-electron chi connectivity index (χ3n) is 3.48. The largest absolute Gasteiger partial charge is 0.492 e. The maximum Gasteiger partial charge on any atom is 0.416 e. The Morgan fingerprint density at radius 1 is 1.55 bits per heavy atom. The number of aliphatic hydroxyl groups excluding tert-OH is 1. The zero-order chi connectivity index (χ0) is 16.5. The van der Waals surface area contributed by atoms with Gasteiger partial charge in [-0.05, 0) is 30.2 Å². The number of ether oxygens (including phenoxy) is 1. The van der Waals surface area contributed by atoms with E-state index in [0.717, 1.165) is 10.5 Å². The number of amides is 1. The fourth-order valence-corrected chi connectivity index (χ4v) is 2.48. The first-order valence-corrected chi connectivity index (χ1v) is 6.97. The Labute approximate surface area is 130 Å². The average Bonchev–Trinajstić information content (AvgIpc) is 2.44. The van der Waals surface area contributed by atoms with Crippen LogP contribution in [0, 0.1) is 5.92 Å². The number of carbonyl (C=O) groups excluding carboxylic acids is 1. The number of likely N-dealkylation sites (N-methyl/N-ethyl adjacent to an activating group) is 1. The highest BCUT2D eigenvalue weighted by atomic mass is 35.5. The molecule has 1 aliphatic heterocycles. The van der Waals surface area contributed by atoms with Crippen LogP contribution in [-0.4, -0.2) is 48.4 Å². The lowest BCUT2D eigenvalue weighted by molar-refractivity contribution is -0.207. The van der Waals surface area contributed by atoms with Crippen LogP contribution in [0.25, 0.3) is 0 Å². The van der Waals surface area contributed by atoms with Gasteiger partial charge in [0.15, 0.2) is 6.10 Å². The summed E-state index contributed by atoms with van der Waals surface area (Å²) in [5.41, 5.74) is 0.738. The summed E-state index contributed by atoms with van der Waals surface area (Å²) in [4.78, 5) is 13.1. The van der Waals surface area contributed by atoms with Gasteiger partial charge in [0, 0.05) is 12.1 Å². The Kier molecular flexibility index (Phi) is 4.87. The summed E-state index contributed by atoms with van der Waals surface area (Å²) in [5, 5.41) is 9.53. The number of aliphatic hydroxyl groups is 1. The van der Waals surface area contributed by atoms with Crippen molar-refractivity contribution in [2.75, 3.05) is 20.2 Å². The number of halogens is 4. The van der Waals surface area contributed by atoms with Gasteiger partial charge in [0.05, 0.1) is 12.5 Å². The van der Waals surface area contributed by atoms with Gasteiger partial charge in [0.2, 0.25) is 5.91 Å². The lowest BCUT2D eigenvalue weighted by atomic mass is 9.95. The predicted molar refractivity (Wildman–Crippen MR) is 73.8 cm³/mol. The van der Waals surface area contributed by atoms with E-state index in [9.17, 15) is 18.0 Å². The molecule has 1 amide bonds. The van der Waals surface area contributed by atoms with E-state index in [1.807, 2.05) is 0 Å². The molecule has 1 heterocycles. The van der Waals surface area contributed by atoms with Gasteiger partial charge in [0.1, 0.15) is 12.4 Å². The predicted octanol–water partition coefficient (Wildman–Crippen LogP) is 2.27. The second-order valence-corrected chi connectivity index (χ2v) is 5.68. The Bertz CT molecular complexity index is 565. The van der Waals surface area contributed by atoms with E-state index in [4.69, 9.17) is 21.4 Å². The van der Waals surface area contributed by atoms with E-state index >= 15 is 0 Å². The van der Waals surface area contributed by atoms with Gasteiger partial charge in [0.25, 0.3) is 0 Å². The third kappa shape index (κ3) is 3.84. The quantitative estimate of drug-likeness (QED) is 0.920. The first kappa shape index (κ1) is 16.9. The molecule has 2 unspecified atom stereocenters. The van der Waals surface area contributed by atoms with E-state index in [-0.39, 0.29) is 6.61 Å². The van der Waals surface area contributed by atoms with Crippen LogP contribution in [0.4, 0.5) is 13.2 Å². The van der Waals surface area contributed by atoms with E-state index in [2.05, 4.69) is 0 Å². The molecule has 122 valence electrons. The zero-order valence-electron chi connectivity index (χ0n) is 11.7. The van der Waals surface area contributed by atoms with Crippen molar-refractivity contribution < 1.29 is 27.8 Å². The second-order valence-electron chi connectivity index (χ2n) is 5.24. The number of benzene rings is 1. The number of nitrogens with zero attached hydrogens (tertiary/aromatic N) is 1. The molecular formula is C14H15ClF3NO3. The third-order valence-corrected chi connectivity index (χ3v) is 3.71. The fraction of sp³-hybridized carbons (Fsp3) is 0.500. The first-order chi connectivity index (χ1) is 10.2. The highest BCUT2D eigenvalue weighted by molar-refractivity contribution is 6.30. The van der Waals surface area contributed by atoms with Crippen molar-refractivity contribution >= 4 is 17.5 Å². The summed E-state index contributed by atoms with van der Waals surface area (Å²) in [6, 6.07) is 5.02. The minimum atomic E-state index is -4.75. The maximum absolute atomic E-state index is 12.3. The number of hydrogen-bond acceptors (Lipinski definition) is 3. The van der Waals surface area contributed by atoms with Gasteiger partial charge in [-0.2, -0.15) is 13.2 Å². The Balaban J connectivity index is 2.02. The Morgan fingerprint density at radius 2 is 2.23 bits per heavy atom. The molecule has 1 aromatic rings. The summed E-state index contributed by atoms with van der Waals surface area (Å²) < 4.78 is 42.4. The zero-order valence-corrected chi connectivity index (χ0v) is 12.5. The van der Waals surface area contributed by atoms with E-state index in [1.54, 1.807) is 18.2 Å². The molecule has 0 saturated heterocycles. The topological polar surface area (TPSA) is 49.8 Å². The van der Waals surface area contributed by atoms with E-state index in [1.165, 1.54) is 7.05 Å².